The summed E-state index contributed by atoms with van der Waals surface area (Å²) >= 11 is 0. The lowest BCUT2D eigenvalue weighted by Gasteiger charge is -2.25. The van der Waals surface area contributed by atoms with Crippen molar-refractivity contribution in [2.45, 2.75) is 19.9 Å². The molecule has 0 spiro atoms. The van der Waals surface area contributed by atoms with E-state index < -0.39 is 0 Å². The average Bonchev–Trinajstić information content (AvgIpc) is 2.76. The molecule has 0 fully saturated rings. The third-order valence-corrected chi connectivity index (χ3v) is 5.42. The predicted octanol–water partition coefficient (Wildman–Crippen LogP) is 4.61. The maximum atomic E-state index is 12.4. The Balaban J connectivity index is 1.38. The predicted molar refractivity (Wildman–Crippen MR) is 120 cm³/mol. The van der Waals surface area contributed by atoms with Crippen LogP contribution in [0, 0.1) is 6.92 Å². The standard InChI is InChI=1S/C25H25N3O2/c1-17-6-8-19(9-7-17)20-5-3-4-18(14-20)16-26-25(30)27-22-10-11-23-21(15-22)12-13-28(2)24(23)29/h3-11,14-15H,12-13,16H2,1-2H3,(H2,26,27,30). The van der Waals surface area contributed by atoms with Crippen LogP contribution in [0.3, 0.4) is 0 Å². The third kappa shape index (κ3) is 4.35. The van der Waals surface area contributed by atoms with E-state index in [-0.39, 0.29) is 11.9 Å². The van der Waals surface area contributed by atoms with Crippen LogP contribution in [0.15, 0.2) is 66.7 Å². The molecule has 0 aliphatic carbocycles. The molecule has 3 aromatic carbocycles. The summed E-state index contributed by atoms with van der Waals surface area (Å²) in [6.07, 6.45) is 0.792. The van der Waals surface area contributed by atoms with E-state index in [1.54, 1.807) is 24.1 Å². The minimum atomic E-state index is -0.269. The number of hydrogen-bond acceptors (Lipinski definition) is 2. The average molecular weight is 399 g/mol. The fourth-order valence-electron chi connectivity index (χ4n) is 3.65. The second kappa shape index (κ2) is 8.41. The second-order valence-electron chi connectivity index (χ2n) is 7.72. The summed E-state index contributed by atoms with van der Waals surface area (Å²) in [5.74, 6) is 0.0284. The van der Waals surface area contributed by atoms with Crippen molar-refractivity contribution >= 4 is 17.6 Å². The van der Waals surface area contributed by atoms with Crippen LogP contribution in [0.5, 0.6) is 0 Å². The minimum absolute atomic E-state index is 0.0284. The molecule has 0 unspecified atom stereocenters. The Morgan fingerprint density at radius 1 is 1.00 bits per heavy atom. The molecule has 1 aliphatic heterocycles. The summed E-state index contributed by atoms with van der Waals surface area (Å²) in [6, 6.07) is 21.7. The number of fused-ring (bicyclic) bond motifs is 1. The van der Waals surface area contributed by atoms with Gasteiger partial charge in [0, 0.05) is 31.4 Å². The van der Waals surface area contributed by atoms with Crippen molar-refractivity contribution in [3.8, 4) is 11.1 Å². The van der Waals surface area contributed by atoms with Crippen molar-refractivity contribution in [1.82, 2.24) is 10.2 Å². The number of hydrogen-bond donors (Lipinski definition) is 2. The fraction of sp³-hybridized carbons (Fsp3) is 0.200. The lowest BCUT2D eigenvalue weighted by atomic mass is 9.99. The SMILES string of the molecule is Cc1ccc(-c2cccc(CNC(=O)Nc3ccc4c(c3)CCN(C)C4=O)c2)cc1. The Hall–Kier alpha value is -3.60. The van der Waals surface area contributed by atoms with Crippen LogP contribution in [-0.2, 0) is 13.0 Å². The maximum absolute atomic E-state index is 12.4. The molecule has 0 bridgehead atoms. The van der Waals surface area contributed by atoms with Crippen molar-refractivity contribution in [3.05, 3.63) is 89.0 Å². The zero-order valence-corrected chi connectivity index (χ0v) is 17.2. The number of urea groups is 1. The van der Waals surface area contributed by atoms with Gasteiger partial charge in [-0.25, -0.2) is 4.79 Å². The van der Waals surface area contributed by atoms with Crippen LogP contribution >= 0.6 is 0 Å². The van der Waals surface area contributed by atoms with Crippen LogP contribution in [0.1, 0.15) is 27.0 Å². The van der Waals surface area contributed by atoms with E-state index in [4.69, 9.17) is 0 Å². The third-order valence-electron chi connectivity index (χ3n) is 5.42. The highest BCUT2D eigenvalue weighted by molar-refractivity contribution is 5.98. The summed E-state index contributed by atoms with van der Waals surface area (Å²) in [7, 11) is 1.80. The van der Waals surface area contributed by atoms with Crippen molar-refractivity contribution in [1.29, 1.82) is 0 Å². The monoisotopic (exact) mass is 399 g/mol. The highest BCUT2D eigenvalue weighted by atomic mass is 16.2. The number of nitrogens with one attached hydrogen (secondary N) is 2. The number of carbonyl (C=O) groups is 2. The summed E-state index contributed by atoms with van der Waals surface area (Å²) in [5, 5.41) is 5.77. The van der Waals surface area contributed by atoms with E-state index in [0.29, 0.717) is 24.3 Å². The highest BCUT2D eigenvalue weighted by Crippen LogP contribution is 2.23. The van der Waals surface area contributed by atoms with Gasteiger partial charge in [0.25, 0.3) is 5.91 Å². The maximum Gasteiger partial charge on any atom is 0.319 e. The molecular weight excluding hydrogens is 374 g/mol. The molecule has 3 aromatic rings. The van der Waals surface area contributed by atoms with Gasteiger partial charge in [-0.15, -0.1) is 0 Å². The highest BCUT2D eigenvalue weighted by Gasteiger charge is 2.21. The summed E-state index contributed by atoms with van der Waals surface area (Å²) in [5.41, 5.74) is 6.91. The largest absolute Gasteiger partial charge is 0.341 e. The van der Waals surface area contributed by atoms with E-state index in [2.05, 4.69) is 54.0 Å². The Morgan fingerprint density at radius 2 is 1.80 bits per heavy atom. The summed E-state index contributed by atoms with van der Waals surface area (Å²) < 4.78 is 0. The van der Waals surface area contributed by atoms with Gasteiger partial charge in [0.15, 0.2) is 0 Å². The number of nitrogens with zero attached hydrogens (tertiary/aromatic N) is 1. The molecule has 1 aliphatic rings. The molecule has 0 aromatic heterocycles. The van der Waals surface area contributed by atoms with Crippen LogP contribution in [0.25, 0.3) is 11.1 Å². The van der Waals surface area contributed by atoms with Gasteiger partial charge in [-0.1, -0.05) is 48.0 Å². The van der Waals surface area contributed by atoms with Crippen molar-refractivity contribution in [2.75, 3.05) is 18.9 Å². The number of carbonyl (C=O) groups excluding carboxylic acids is 2. The van der Waals surface area contributed by atoms with Crippen LogP contribution in [0.4, 0.5) is 10.5 Å². The first kappa shape index (κ1) is 19.7. The molecule has 1 heterocycles. The molecule has 3 amide bonds. The number of rotatable bonds is 4. The normalized spacial score (nSPS) is 13.0. The number of likely N-dealkylation sites (N-methyl/N-ethyl adjacent to an activating group) is 1. The van der Waals surface area contributed by atoms with Gasteiger partial charge in [0.1, 0.15) is 0 Å². The zero-order chi connectivity index (χ0) is 21.1. The first-order valence-corrected chi connectivity index (χ1v) is 10.1. The van der Waals surface area contributed by atoms with Crippen LogP contribution < -0.4 is 10.6 Å². The van der Waals surface area contributed by atoms with E-state index in [0.717, 1.165) is 28.7 Å². The molecule has 5 heteroatoms. The Morgan fingerprint density at radius 3 is 2.60 bits per heavy atom. The zero-order valence-electron chi connectivity index (χ0n) is 17.2. The smallest absolute Gasteiger partial charge is 0.319 e. The van der Waals surface area contributed by atoms with E-state index >= 15 is 0 Å². The molecule has 30 heavy (non-hydrogen) atoms. The first-order valence-electron chi connectivity index (χ1n) is 10.1. The van der Waals surface area contributed by atoms with E-state index in [9.17, 15) is 9.59 Å². The molecule has 0 saturated carbocycles. The molecule has 4 rings (SSSR count). The molecule has 2 N–H and O–H groups in total. The van der Waals surface area contributed by atoms with Gasteiger partial charge in [0.2, 0.25) is 0 Å². The number of aryl methyl sites for hydroxylation is 1. The first-order chi connectivity index (χ1) is 14.5. The topological polar surface area (TPSA) is 61.4 Å². The van der Waals surface area contributed by atoms with Crippen LogP contribution in [0.2, 0.25) is 0 Å². The second-order valence-corrected chi connectivity index (χ2v) is 7.72. The number of benzene rings is 3. The molecule has 0 saturated heterocycles. The Bertz CT molecular complexity index is 1090. The molecule has 0 atom stereocenters. The minimum Gasteiger partial charge on any atom is -0.341 e. The van der Waals surface area contributed by atoms with Crippen LogP contribution in [-0.4, -0.2) is 30.4 Å². The molecule has 152 valence electrons. The van der Waals surface area contributed by atoms with Gasteiger partial charge in [-0.2, -0.15) is 0 Å². The van der Waals surface area contributed by atoms with Gasteiger partial charge >= 0.3 is 6.03 Å². The number of amides is 3. The number of anilines is 1. The van der Waals surface area contributed by atoms with E-state index in [1.165, 1.54) is 5.56 Å². The van der Waals surface area contributed by atoms with Gasteiger partial charge in [-0.3, -0.25) is 4.79 Å². The molecule has 5 nitrogen and oxygen atoms in total. The summed E-state index contributed by atoms with van der Waals surface area (Å²) in [6.45, 7) is 3.19. The molecule has 0 radical (unpaired) electrons. The van der Waals surface area contributed by atoms with Gasteiger partial charge < -0.3 is 15.5 Å². The van der Waals surface area contributed by atoms with Crippen molar-refractivity contribution < 1.29 is 9.59 Å². The quantitative estimate of drug-likeness (QED) is 0.673. The van der Waals surface area contributed by atoms with Gasteiger partial charge in [0.05, 0.1) is 0 Å². The lowest BCUT2D eigenvalue weighted by Crippen LogP contribution is -2.34. The Labute approximate surface area is 176 Å². The van der Waals surface area contributed by atoms with Crippen molar-refractivity contribution in [3.63, 3.8) is 0 Å². The van der Waals surface area contributed by atoms with Gasteiger partial charge in [-0.05, 0) is 59.9 Å². The van der Waals surface area contributed by atoms with E-state index in [1.807, 2.05) is 18.2 Å². The molecular formula is C25H25N3O2. The Kier molecular flexibility index (Phi) is 5.53. The van der Waals surface area contributed by atoms with Crippen molar-refractivity contribution in [2.24, 2.45) is 0 Å². The summed E-state index contributed by atoms with van der Waals surface area (Å²) in [4.78, 5) is 26.3. The lowest BCUT2D eigenvalue weighted by molar-refractivity contribution is 0.0781. The fourth-order valence-corrected chi connectivity index (χ4v) is 3.65.